The maximum atomic E-state index is 3.59. The first-order chi connectivity index (χ1) is 8.96. The van der Waals surface area contributed by atoms with Crippen molar-refractivity contribution in [3.63, 3.8) is 0 Å². The maximum absolute atomic E-state index is 3.59. The molecule has 0 amide bonds. The maximum Gasteiger partial charge on any atom is 0.0105 e. The highest BCUT2D eigenvalue weighted by atomic mass is 15.2. The van der Waals surface area contributed by atoms with Crippen molar-refractivity contribution in [3.8, 4) is 0 Å². The zero-order chi connectivity index (χ0) is 14.0. The lowest BCUT2D eigenvalue weighted by Gasteiger charge is -2.43. The Morgan fingerprint density at radius 1 is 1.21 bits per heavy atom. The predicted molar refractivity (Wildman–Crippen MR) is 83.5 cm³/mol. The number of likely N-dealkylation sites (tertiary alicyclic amines) is 1. The number of hydrogen-bond acceptors (Lipinski definition) is 2. The van der Waals surface area contributed by atoms with Crippen LogP contribution in [0, 0.1) is 11.3 Å². The molecule has 0 bridgehead atoms. The summed E-state index contributed by atoms with van der Waals surface area (Å²) in [5.41, 5.74) is 0.544. The molecule has 2 fully saturated rings. The highest BCUT2D eigenvalue weighted by Gasteiger charge is 2.38. The van der Waals surface area contributed by atoms with E-state index in [-0.39, 0.29) is 0 Å². The van der Waals surface area contributed by atoms with Crippen LogP contribution in [0.25, 0.3) is 0 Å². The average molecular weight is 266 g/mol. The van der Waals surface area contributed by atoms with Gasteiger partial charge in [0, 0.05) is 24.7 Å². The second kappa shape index (κ2) is 6.13. The molecule has 2 heteroatoms. The van der Waals surface area contributed by atoms with Gasteiger partial charge in [0.25, 0.3) is 0 Å². The van der Waals surface area contributed by atoms with E-state index in [1.807, 2.05) is 0 Å². The van der Waals surface area contributed by atoms with Gasteiger partial charge in [0.1, 0.15) is 0 Å². The third kappa shape index (κ3) is 3.52. The van der Waals surface area contributed by atoms with E-state index in [2.05, 4.69) is 45.0 Å². The van der Waals surface area contributed by atoms with E-state index in [4.69, 9.17) is 0 Å². The van der Waals surface area contributed by atoms with Crippen molar-refractivity contribution >= 4 is 0 Å². The lowest BCUT2D eigenvalue weighted by Crippen LogP contribution is -2.48. The number of nitrogens with one attached hydrogen (secondary N) is 1. The third-order valence-electron chi connectivity index (χ3n) is 5.76. The molecule has 0 aromatic carbocycles. The highest BCUT2D eigenvalue weighted by molar-refractivity contribution is 4.93. The van der Waals surface area contributed by atoms with Crippen LogP contribution in [0.5, 0.6) is 0 Å². The van der Waals surface area contributed by atoms with Crippen LogP contribution in [0.15, 0.2) is 0 Å². The predicted octanol–water partition coefficient (Wildman–Crippen LogP) is 3.66. The van der Waals surface area contributed by atoms with E-state index in [9.17, 15) is 0 Å². The van der Waals surface area contributed by atoms with Crippen molar-refractivity contribution in [3.05, 3.63) is 0 Å². The first-order valence-electron chi connectivity index (χ1n) is 8.40. The zero-order valence-corrected chi connectivity index (χ0v) is 13.7. The molecule has 1 aliphatic carbocycles. The van der Waals surface area contributed by atoms with Gasteiger partial charge in [-0.2, -0.15) is 0 Å². The van der Waals surface area contributed by atoms with Gasteiger partial charge in [-0.3, -0.25) is 4.90 Å². The van der Waals surface area contributed by atoms with Gasteiger partial charge in [-0.15, -0.1) is 0 Å². The average Bonchev–Trinajstić information content (AvgIpc) is 2.70. The highest BCUT2D eigenvalue weighted by Crippen LogP contribution is 2.40. The fourth-order valence-corrected chi connectivity index (χ4v) is 4.47. The first kappa shape index (κ1) is 15.3. The topological polar surface area (TPSA) is 15.3 Å². The minimum absolute atomic E-state index is 0.544. The molecule has 2 rings (SSSR count). The molecule has 1 N–H and O–H groups in total. The molecule has 0 aromatic heterocycles. The van der Waals surface area contributed by atoms with Crippen LogP contribution >= 0.6 is 0 Å². The van der Waals surface area contributed by atoms with Crippen LogP contribution in [0.4, 0.5) is 0 Å². The normalized spacial score (nSPS) is 39.6. The Balaban J connectivity index is 2.02. The standard InChI is InChI=1S/C17H34N2/c1-6-15-8-7-13(2)19(15)12-14-11-17(3,4)10-9-16(14)18-5/h13-16,18H,6-12H2,1-5H3. The summed E-state index contributed by atoms with van der Waals surface area (Å²) in [6, 6.07) is 2.38. The van der Waals surface area contributed by atoms with Crippen LogP contribution in [0.3, 0.4) is 0 Å². The molecule has 1 aliphatic heterocycles. The summed E-state index contributed by atoms with van der Waals surface area (Å²) in [6.07, 6.45) is 8.26. The van der Waals surface area contributed by atoms with Crippen molar-refractivity contribution in [2.75, 3.05) is 13.6 Å². The lowest BCUT2D eigenvalue weighted by atomic mass is 9.69. The van der Waals surface area contributed by atoms with Crippen LogP contribution < -0.4 is 5.32 Å². The number of hydrogen-bond donors (Lipinski definition) is 1. The Labute approximate surface area is 120 Å². The van der Waals surface area contributed by atoms with E-state index in [1.165, 1.54) is 45.1 Å². The SMILES string of the molecule is CCC1CCC(C)N1CC1CC(C)(C)CCC1NC. The van der Waals surface area contributed by atoms with Gasteiger partial charge >= 0.3 is 0 Å². The molecule has 1 saturated heterocycles. The third-order valence-corrected chi connectivity index (χ3v) is 5.76. The number of nitrogens with zero attached hydrogens (tertiary/aromatic N) is 1. The molecule has 19 heavy (non-hydrogen) atoms. The molecule has 112 valence electrons. The zero-order valence-electron chi connectivity index (χ0n) is 13.7. The molecule has 1 heterocycles. The van der Waals surface area contributed by atoms with Gasteiger partial charge in [0.15, 0.2) is 0 Å². The summed E-state index contributed by atoms with van der Waals surface area (Å²) in [5, 5.41) is 3.59. The summed E-state index contributed by atoms with van der Waals surface area (Å²) < 4.78 is 0. The fourth-order valence-electron chi connectivity index (χ4n) is 4.47. The Morgan fingerprint density at radius 3 is 2.58 bits per heavy atom. The van der Waals surface area contributed by atoms with Gasteiger partial charge in [-0.25, -0.2) is 0 Å². The van der Waals surface area contributed by atoms with Crippen LogP contribution in [-0.2, 0) is 0 Å². The molecule has 2 aliphatic rings. The fraction of sp³-hybridized carbons (Fsp3) is 1.00. The molecule has 0 aromatic rings. The minimum atomic E-state index is 0.544. The summed E-state index contributed by atoms with van der Waals surface area (Å²) in [6.45, 7) is 11.0. The van der Waals surface area contributed by atoms with Crippen LogP contribution in [-0.4, -0.2) is 36.6 Å². The van der Waals surface area contributed by atoms with Gasteiger partial charge in [0.2, 0.25) is 0 Å². The Hall–Kier alpha value is -0.0800. The van der Waals surface area contributed by atoms with E-state index in [0.29, 0.717) is 5.41 Å². The first-order valence-corrected chi connectivity index (χ1v) is 8.40. The largest absolute Gasteiger partial charge is 0.317 e. The second-order valence-electron chi connectivity index (χ2n) is 7.75. The lowest BCUT2D eigenvalue weighted by molar-refractivity contribution is 0.0829. The molecule has 2 nitrogen and oxygen atoms in total. The van der Waals surface area contributed by atoms with Gasteiger partial charge in [-0.05, 0) is 63.8 Å². The molecular formula is C17H34N2. The van der Waals surface area contributed by atoms with Crippen molar-refractivity contribution in [1.29, 1.82) is 0 Å². The molecule has 4 unspecified atom stereocenters. The van der Waals surface area contributed by atoms with Crippen molar-refractivity contribution in [2.45, 2.75) is 84.3 Å². The van der Waals surface area contributed by atoms with Crippen LogP contribution in [0.2, 0.25) is 0 Å². The molecular weight excluding hydrogens is 232 g/mol. The second-order valence-corrected chi connectivity index (χ2v) is 7.75. The Morgan fingerprint density at radius 2 is 1.95 bits per heavy atom. The minimum Gasteiger partial charge on any atom is -0.317 e. The Kier molecular flexibility index (Phi) is 4.94. The summed E-state index contributed by atoms with van der Waals surface area (Å²) in [7, 11) is 2.15. The van der Waals surface area contributed by atoms with Crippen LogP contribution in [0.1, 0.15) is 66.2 Å². The van der Waals surface area contributed by atoms with Crippen molar-refractivity contribution in [2.24, 2.45) is 11.3 Å². The molecule has 1 saturated carbocycles. The van der Waals surface area contributed by atoms with Gasteiger partial charge in [0.05, 0.1) is 0 Å². The van der Waals surface area contributed by atoms with Gasteiger partial charge < -0.3 is 5.32 Å². The van der Waals surface area contributed by atoms with E-state index >= 15 is 0 Å². The van der Waals surface area contributed by atoms with Gasteiger partial charge in [-0.1, -0.05) is 20.8 Å². The quantitative estimate of drug-likeness (QED) is 0.835. The van der Waals surface area contributed by atoms with E-state index in [1.54, 1.807) is 0 Å². The van der Waals surface area contributed by atoms with Crippen molar-refractivity contribution < 1.29 is 0 Å². The summed E-state index contributed by atoms with van der Waals surface area (Å²) in [4.78, 5) is 2.82. The van der Waals surface area contributed by atoms with Crippen molar-refractivity contribution in [1.82, 2.24) is 10.2 Å². The van der Waals surface area contributed by atoms with E-state index < -0.39 is 0 Å². The molecule has 0 radical (unpaired) electrons. The number of rotatable bonds is 4. The molecule has 4 atom stereocenters. The molecule has 0 spiro atoms. The monoisotopic (exact) mass is 266 g/mol. The summed E-state index contributed by atoms with van der Waals surface area (Å²) in [5.74, 6) is 0.836. The Bertz CT molecular complexity index is 287. The smallest absolute Gasteiger partial charge is 0.0105 e. The van der Waals surface area contributed by atoms with E-state index in [0.717, 1.165) is 24.0 Å². The summed E-state index contributed by atoms with van der Waals surface area (Å²) >= 11 is 0.